The van der Waals surface area contributed by atoms with Crippen LogP contribution in [0.2, 0.25) is 0 Å². The van der Waals surface area contributed by atoms with Gasteiger partial charge in [-0.15, -0.1) is 11.8 Å². The van der Waals surface area contributed by atoms with Crippen LogP contribution in [0.25, 0.3) is 0 Å². The maximum atomic E-state index is 12.7. The Morgan fingerprint density at radius 1 is 1.10 bits per heavy atom. The number of nitrogens with one attached hydrogen (secondary N) is 2. The fourth-order valence-electron chi connectivity index (χ4n) is 3.16. The summed E-state index contributed by atoms with van der Waals surface area (Å²) in [5.74, 6) is -0.286. The Balaban J connectivity index is 1.68. The predicted molar refractivity (Wildman–Crippen MR) is 114 cm³/mol. The lowest BCUT2D eigenvalue weighted by Crippen LogP contribution is -2.24. The van der Waals surface area contributed by atoms with E-state index >= 15 is 0 Å². The summed E-state index contributed by atoms with van der Waals surface area (Å²) in [5, 5.41) is 12.0. The van der Waals surface area contributed by atoms with Crippen molar-refractivity contribution in [3.63, 3.8) is 0 Å². The summed E-state index contributed by atoms with van der Waals surface area (Å²) >= 11 is 1.81. The van der Waals surface area contributed by atoms with Crippen LogP contribution in [0.15, 0.2) is 58.3 Å². The second kappa shape index (κ2) is 9.92. The number of sulfonamides is 1. The first-order chi connectivity index (χ1) is 14.0. The number of anilines is 1. The summed E-state index contributed by atoms with van der Waals surface area (Å²) in [6.07, 6.45) is 5.01. The number of benzene rings is 2. The number of hydrogen-bond acceptors (Lipinski definition) is 5. The maximum Gasteiger partial charge on any atom is 0.255 e. The van der Waals surface area contributed by atoms with Crippen LogP contribution in [-0.4, -0.2) is 26.1 Å². The van der Waals surface area contributed by atoms with Crippen molar-refractivity contribution in [2.45, 2.75) is 47.1 Å². The van der Waals surface area contributed by atoms with Gasteiger partial charge in [-0.1, -0.05) is 25.0 Å². The molecule has 29 heavy (non-hydrogen) atoms. The van der Waals surface area contributed by atoms with Gasteiger partial charge in [-0.2, -0.15) is 5.26 Å². The Hall–Kier alpha value is -2.34. The van der Waals surface area contributed by atoms with Crippen LogP contribution in [-0.2, 0) is 10.0 Å². The van der Waals surface area contributed by atoms with Gasteiger partial charge in [0.25, 0.3) is 5.91 Å². The normalized spacial score (nSPS) is 14.4. The quantitative estimate of drug-likeness (QED) is 0.614. The topological polar surface area (TPSA) is 99.1 Å². The fourth-order valence-corrected chi connectivity index (χ4v) is 5.53. The zero-order chi connectivity index (χ0) is 20.7. The second-order valence-corrected chi connectivity index (χ2v) is 9.91. The number of thioether (sulfide) groups is 1. The minimum Gasteiger partial charge on any atom is -0.321 e. The van der Waals surface area contributed by atoms with E-state index in [-0.39, 0.29) is 23.8 Å². The summed E-state index contributed by atoms with van der Waals surface area (Å²) in [7, 11) is -3.69. The first kappa shape index (κ1) is 21.4. The van der Waals surface area contributed by atoms with Crippen molar-refractivity contribution in [1.29, 1.82) is 5.26 Å². The first-order valence-electron chi connectivity index (χ1n) is 9.53. The highest BCUT2D eigenvalue weighted by Crippen LogP contribution is 2.38. The molecule has 3 rings (SSSR count). The molecule has 2 aromatic carbocycles. The van der Waals surface area contributed by atoms with E-state index in [2.05, 4.69) is 10.0 Å². The van der Waals surface area contributed by atoms with Gasteiger partial charge in [0.15, 0.2) is 0 Å². The van der Waals surface area contributed by atoms with Crippen molar-refractivity contribution in [2.24, 2.45) is 0 Å². The van der Waals surface area contributed by atoms with E-state index in [1.165, 1.54) is 49.9 Å². The Bertz CT molecular complexity index is 993. The van der Waals surface area contributed by atoms with Crippen LogP contribution in [0.5, 0.6) is 0 Å². The van der Waals surface area contributed by atoms with Crippen molar-refractivity contribution in [3.8, 4) is 6.07 Å². The molecule has 0 saturated heterocycles. The van der Waals surface area contributed by atoms with E-state index in [1.807, 2.05) is 30.3 Å². The Labute approximate surface area is 175 Å². The molecule has 1 amide bonds. The fraction of sp³-hybridized carbons (Fsp3) is 0.333. The largest absolute Gasteiger partial charge is 0.321 e. The van der Waals surface area contributed by atoms with E-state index in [1.54, 1.807) is 11.8 Å². The van der Waals surface area contributed by atoms with Crippen LogP contribution in [0.4, 0.5) is 5.69 Å². The standard InChI is InChI=1S/C21H23N3O3S2/c22-14-5-15-23-29(26,27)18-12-10-16(11-13-18)21(25)24-19-8-3-4-9-20(19)28-17-6-1-2-7-17/h3-4,8-13,17,23H,1-2,5-7,15H2,(H,24,25). The third-order valence-electron chi connectivity index (χ3n) is 4.69. The molecule has 2 aromatic rings. The Morgan fingerprint density at radius 3 is 2.48 bits per heavy atom. The van der Waals surface area contributed by atoms with Crippen molar-refractivity contribution in [3.05, 3.63) is 54.1 Å². The lowest BCUT2D eigenvalue weighted by Gasteiger charge is -2.14. The zero-order valence-electron chi connectivity index (χ0n) is 15.9. The minimum atomic E-state index is -3.69. The molecule has 1 aliphatic carbocycles. The molecule has 2 N–H and O–H groups in total. The lowest BCUT2D eigenvalue weighted by molar-refractivity contribution is 0.102. The molecule has 152 valence electrons. The molecule has 8 heteroatoms. The number of nitriles is 1. The molecule has 0 bridgehead atoms. The van der Waals surface area contributed by atoms with Gasteiger partial charge >= 0.3 is 0 Å². The molecule has 6 nitrogen and oxygen atoms in total. The minimum absolute atomic E-state index is 0.0521. The zero-order valence-corrected chi connectivity index (χ0v) is 17.6. The van der Waals surface area contributed by atoms with Gasteiger partial charge in [-0.25, -0.2) is 13.1 Å². The number of para-hydroxylation sites is 1. The molecule has 1 saturated carbocycles. The maximum absolute atomic E-state index is 12.7. The van der Waals surface area contributed by atoms with Crippen molar-refractivity contribution < 1.29 is 13.2 Å². The highest BCUT2D eigenvalue weighted by Gasteiger charge is 2.19. The summed E-state index contributed by atoms with van der Waals surface area (Å²) in [6.45, 7) is 0.0521. The van der Waals surface area contributed by atoms with E-state index < -0.39 is 10.0 Å². The molecule has 1 aliphatic rings. The number of amides is 1. The summed E-state index contributed by atoms with van der Waals surface area (Å²) in [4.78, 5) is 13.8. The molecular weight excluding hydrogens is 406 g/mol. The van der Waals surface area contributed by atoms with Crippen LogP contribution in [0.1, 0.15) is 42.5 Å². The molecule has 0 spiro atoms. The van der Waals surface area contributed by atoms with Crippen molar-refractivity contribution in [1.82, 2.24) is 4.72 Å². The molecule has 0 radical (unpaired) electrons. The Morgan fingerprint density at radius 2 is 1.79 bits per heavy atom. The lowest BCUT2D eigenvalue weighted by atomic mass is 10.2. The van der Waals surface area contributed by atoms with Crippen LogP contribution in [0.3, 0.4) is 0 Å². The first-order valence-corrected chi connectivity index (χ1v) is 11.9. The number of hydrogen-bond donors (Lipinski definition) is 2. The van der Waals surface area contributed by atoms with Gasteiger partial charge in [0, 0.05) is 28.7 Å². The van der Waals surface area contributed by atoms with Crippen molar-refractivity contribution >= 4 is 33.4 Å². The van der Waals surface area contributed by atoms with Crippen LogP contribution >= 0.6 is 11.8 Å². The summed E-state index contributed by atoms with van der Waals surface area (Å²) < 4.78 is 26.7. The van der Waals surface area contributed by atoms with E-state index in [0.29, 0.717) is 10.8 Å². The van der Waals surface area contributed by atoms with Gasteiger partial charge in [-0.3, -0.25) is 4.79 Å². The molecule has 0 aliphatic heterocycles. The molecule has 0 aromatic heterocycles. The van der Waals surface area contributed by atoms with Gasteiger partial charge in [0.2, 0.25) is 10.0 Å². The highest BCUT2D eigenvalue weighted by atomic mass is 32.2. The van der Waals surface area contributed by atoms with Gasteiger partial charge in [0.05, 0.1) is 16.7 Å². The summed E-state index contributed by atoms with van der Waals surface area (Å²) in [6, 6.07) is 15.4. The van der Waals surface area contributed by atoms with Gasteiger partial charge in [0.1, 0.15) is 0 Å². The third-order valence-corrected chi connectivity index (χ3v) is 7.58. The molecule has 0 atom stereocenters. The SMILES string of the molecule is N#CCCNS(=O)(=O)c1ccc(C(=O)Nc2ccccc2SC2CCCC2)cc1. The van der Waals surface area contributed by atoms with Gasteiger partial charge in [-0.05, 0) is 49.2 Å². The average Bonchev–Trinajstić information content (AvgIpc) is 3.23. The Kier molecular flexibility index (Phi) is 7.31. The number of nitrogens with zero attached hydrogens (tertiary/aromatic N) is 1. The highest BCUT2D eigenvalue weighted by molar-refractivity contribution is 8.00. The molecular formula is C21H23N3O3S2. The molecule has 0 unspecified atom stereocenters. The smallest absolute Gasteiger partial charge is 0.255 e. The van der Waals surface area contributed by atoms with Crippen LogP contribution < -0.4 is 10.0 Å². The van der Waals surface area contributed by atoms with Crippen LogP contribution in [0, 0.1) is 11.3 Å². The monoisotopic (exact) mass is 429 g/mol. The molecule has 0 heterocycles. The predicted octanol–water partition coefficient (Wildman–Crippen LogP) is 4.17. The average molecular weight is 430 g/mol. The van der Waals surface area contributed by atoms with E-state index in [4.69, 9.17) is 5.26 Å². The number of rotatable bonds is 8. The number of carbonyl (C=O) groups excluding carboxylic acids is 1. The third kappa shape index (κ3) is 5.82. The van der Waals surface area contributed by atoms with Gasteiger partial charge < -0.3 is 5.32 Å². The van der Waals surface area contributed by atoms with Crippen molar-refractivity contribution in [2.75, 3.05) is 11.9 Å². The summed E-state index contributed by atoms with van der Waals surface area (Å²) in [5.41, 5.74) is 1.14. The van der Waals surface area contributed by atoms with E-state index in [0.717, 1.165) is 10.6 Å². The number of carbonyl (C=O) groups is 1. The molecule has 1 fully saturated rings. The second-order valence-electron chi connectivity index (χ2n) is 6.80. The van der Waals surface area contributed by atoms with E-state index in [9.17, 15) is 13.2 Å².